The van der Waals surface area contributed by atoms with Crippen LogP contribution in [-0.2, 0) is 4.74 Å². The van der Waals surface area contributed by atoms with Gasteiger partial charge in [0.25, 0.3) is 0 Å². The van der Waals surface area contributed by atoms with Crippen molar-refractivity contribution >= 4 is 10.2 Å². The summed E-state index contributed by atoms with van der Waals surface area (Å²) < 4.78 is 5.54. The number of ether oxygens (including phenoxy) is 1. The first kappa shape index (κ1) is 7.29. The summed E-state index contributed by atoms with van der Waals surface area (Å²) in [4.78, 5) is 0. The average Bonchev–Trinajstić information content (AvgIpc) is 1.91. The smallest absolute Gasteiger partial charge is 0.0570 e. The molecular formula is C7H16OSi. The van der Waals surface area contributed by atoms with E-state index >= 15 is 0 Å². The SMILES string of the molecule is [SiH3]COC1CCCCC1. The van der Waals surface area contributed by atoms with Gasteiger partial charge >= 0.3 is 0 Å². The van der Waals surface area contributed by atoms with Crippen molar-refractivity contribution in [1.82, 2.24) is 0 Å². The zero-order valence-corrected chi connectivity index (χ0v) is 8.23. The Balaban J connectivity index is 2.08. The molecule has 0 heterocycles. The lowest BCUT2D eigenvalue weighted by Crippen LogP contribution is -2.16. The summed E-state index contributed by atoms with van der Waals surface area (Å²) in [6.45, 7) is 0. The fourth-order valence-electron chi connectivity index (χ4n) is 1.47. The largest absolute Gasteiger partial charge is 0.383 e. The van der Waals surface area contributed by atoms with E-state index in [1.54, 1.807) is 0 Å². The van der Waals surface area contributed by atoms with Crippen LogP contribution in [0.25, 0.3) is 0 Å². The lowest BCUT2D eigenvalue weighted by Gasteiger charge is -2.20. The van der Waals surface area contributed by atoms with Crippen LogP contribution in [0, 0.1) is 0 Å². The Morgan fingerprint density at radius 1 is 1.22 bits per heavy atom. The van der Waals surface area contributed by atoms with Gasteiger partial charge < -0.3 is 4.74 Å². The maximum atomic E-state index is 5.54. The van der Waals surface area contributed by atoms with Gasteiger partial charge in [-0.3, -0.25) is 0 Å². The van der Waals surface area contributed by atoms with E-state index in [2.05, 4.69) is 0 Å². The Hall–Kier alpha value is 0.177. The molecule has 0 radical (unpaired) electrons. The van der Waals surface area contributed by atoms with E-state index in [4.69, 9.17) is 4.74 Å². The minimum atomic E-state index is 0.635. The zero-order chi connectivity index (χ0) is 6.53. The number of rotatable bonds is 2. The van der Waals surface area contributed by atoms with Crippen molar-refractivity contribution in [3.05, 3.63) is 0 Å². The first-order valence-corrected chi connectivity index (χ1v) is 5.46. The molecule has 0 spiro atoms. The molecule has 0 amide bonds. The van der Waals surface area contributed by atoms with Gasteiger partial charge in [-0.15, -0.1) is 0 Å². The van der Waals surface area contributed by atoms with Crippen molar-refractivity contribution in [3.63, 3.8) is 0 Å². The van der Waals surface area contributed by atoms with Gasteiger partial charge in [-0.25, -0.2) is 0 Å². The van der Waals surface area contributed by atoms with Crippen molar-refractivity contribution < 1.29 is 4.74 Å². The van der Waals surface area contributed by atoms with Crippen LogP contribution in [0.2, 0.25) is 0 Å². The van der Waals surface area contributed by atoms with Crippen molar-refractivity contribution in [2.75, 3.05) is 6.23 Å². The molecule has 1 nitrogen and oxygen atoms in total. The Morgan fingerprint density at radius 3 is 2.44 bits per heavy atom. The van der Waals surface area contributed by atoms with E-state index in [1.807, 2.05) is 0 Å². The lowest BCUT2D eigenvalue weighted by atomic mass is 9.98. The quantitative estimate of drug-likeness (QED) is 0.517. The van der Waals surface area contributed by atoms with Gasteiger partial charge in [0.2, 0.25) is 0 Å². The second-order valence-electron chi connectivity index (χ2n) is 2.72. The first-order valence-electron chi connectivity index (χ1n) is 4.05. The second kappa shape index (κ2) is 4.07. The average molecular weight is 144 g/mol. The van der Waals surface area contributed by atoms with Crippen molar-refractivity contribution in [2.24, 2.45) is 0 Å². The van der Waals surface area contributed by atoms with E-state index in [0.717, 1.165) is 6.23 Å². The van der Waals surface area contributed by atoms with Crippen molar-refractivity contribution in [1.29, 1.82) is 0 Å². The predicted molar refractivity (Wildman–Crippen MR) is 42.8 cm³/mol. The molecule has 1 fully saturated rings. The van der Waals surface area contributed by atoms with Gasteiger partial charge in [-0.05, 0) is 12.8 Å². The topological polar surface area (TPSA) is 9.23 Å². The third-order valence-corrected chi connectivity index (χ3v) is 2.29. The third kappa shape index (κ3) is 2.50. The molecule has 0 aromatic rings. The highest BCUT2D eigenvalue weighted by atomic mass is 28.1. The van der Waals surface area contributed by atoms with Gasteiger partial charge in [0, 0.05) is 16.5 Å². The summed E-state index contributed by atoms with van der Waals surface area (Å²) >= 11 is 0. The Labute approximate surface area is 60.2 Å². The summed E-state index contributed by atoms with van der Waals surface area (Å²) in [7, 11) is 1.20. The van der Waals surface area contributed by atoms with Gasteiger partial charge in [0.1, 0.15) is 0 Å². The Morgan fingerprint density at radius 2 is 1.89 bits per heavy atom. The van der Waals surface area contributed by atoms with Crippen LogP contribution in [0.5, 0.6) is 0 Å². The monoisotopic (exact) mass is 144 g/mol. The summed E-state index contributed by atoms with van der Waals surface area (Å²) in [5.41, 5.74) is 0. The molecule has 1 rings (SSSR count). The van der Waals surface area contributed by atoms with E-state index in [-0.39, 0.29) is 0 Å². The summed E-state index contributed by atoms with van der Waals surface area (Å²) in [5, 5.41) is 0. The van der Waals surface area contributed by atoms with Crippen LogP contribution in [0.3, 0.4) is 0 Å². The fraction of sp³-hybridized carbons (Fsp3) is 1.00. The number of hydrogen-bond acceptors (Lipinski definition) is 1. The maximum absolute atomic E-state index is 5.54. The molecule has 54 valence electrons. The standard InChI is InChI=1S/C7H16OSi/c9-6-8-7-4-2-1-3-5-7/h7H,1-6H2,9H3. The first-order chi connectivity index (χ1) is 4.43. The van der Waals surface area contributed by atoms with E-state index in [1.165, 1.54) is 42.3 Å². The Kier molecular flexibility index (Phi) is 3.29. The molecule has 0 atom stereocenters. The summed E-state index contributed by atoms with van der Waals surface area (Å²) in [6, 6.07) is 0. The molecule has 1 aliphatic rings. The third-order valence-electron chi connectivity index (χ3n) is 1.95. The lowest BCUT2D eigenvalue weighted by molar-refractivity contribution is 0.0575. The van der Waals surface area contributed by atoms with E-state index < -0.39 is 0 Å². The van der Waals surface area contributed by atoms with Gasteiger partial charge in [0.15, 0.2) is 0 Å². The van der Waals surface area contributed by atoms with Crippen LogP contribution in [0.4, 0.5) is 0 Å². The Bertz CT molecular complexity index is 66.6. The summed E-state index contributed by atoms with van der Waals surface area (Å²) in [5.74, 6) is 0. The highest BCUT2D eigenvalue weighted by Crippen LogP contribution is 2.19. The molecular weight excluding hydrogens is 128 g/mol. The number of hydrogen-bond donors (Lipinski definition) is 0. The molecule has 0 saturated heterocycles. The maximum Gasteiger partial charge on any atom is 0.0570 e. The molecule has 0 unspecified atom stereocenters. The minimum absolute atomic E-state index is 0.635. The van der Waals surface area contributed by atoms with Crippen LogP contribution < -0.4 is 0 Å². The molecule has 1 aliphatic carbocycles. The molecule has 0 aromatic carbocycles. The van der Waals surface area contributed by atoms with Crippen molar-refractivity contribution in [3.8, 4) is 0 Å². The highest BCUT2D eigenvalue weighted by molar-refractivity contribution is 6.08. The van der Waals surface area contributed by atoms with Crippen LogP contribution in [0.15, 0.2) is 0 Å². The van der Waals surface area contributed by atoms with Gasteiger partial charge in [-0.2, -0.15) is 0 Å². The van der Waals surface area contributed by atoms with Crippen LogP contribution in [0.1, 0.15) is 32.1 Å². The molecule has 0 N–H and O–H groups in total. The second-order valence-corrected chi connectivity index (χ2v) is 3.29. The van der Waals surface area contributed by atoms with E-state index in [0.29, 0.717) is 6.10 Å². The van der Waals surface area contributed by atoms with Gasteiger partial charge in [-0.1, -0.05) is 19.3 Å². The molecule has 0 bridgehead atoms. The highest BCUT2D eigenvalue weighted by Gasteiger charge is 2.11. The molecule has 1 saturated carbocycles. The molecule has 2 heteroatoms. The van der Waals surface area contributed by atoms with E-state index in [9.17, 15) is 0 Å². The van der Waals surface area contributed by atoms with Crippen LogP contribution in [-0.4, -0.2) is 22.6 Å². The zero-order valence-electron chi connectivity index (χ0n) is 6.23. The van der Waals surface area contributed by atoms with Crippen molar-refractivity contribution in [2.45, 2.75) is 38.2 Å². The predicted octanol–water partition coefficient (Wildman–Crippen LogP) is 0.659. The molecule has 0 aromatic heterocycles. The summed E-state index contributed by atoms with van der Waals surface area (Å²) in [6.07, 6.45) is 8.53. The van der Waals surface area contributed by atoms with Crippen LogP contribution >= 0.6 is 0 Å². The molecule has 0 aliphatic heterocycles. The fourth-order valence-corrected chi connectivity index (χ4v) is 1.94. The van der Waals surface area contributed by atoms with Gasteiger partial charge in [0.05, 0.1) is 6.10 Å². The normalized spacial score (nSPS) is 22.7. The molecule has 9 heavy (non-hydrogen) atoms. The minimum Gasteiger partial charge on any atom is -0.383 e.